The molecule has 4 rings (SSSR count). The molecule has 0 radical (unpaired) electrons. The molecule has 0 saturated carbocycles. The Hall–Kier alpha value is -2.34. The SMILES string of the molecule is O=C1CN(C(=O)c2cccc(Cl)c2)[C@@H](c2ccccc2Cl)c2cc(Br)ccc2N1. The normalized spacial score (nSPS) is 16.0. The van der Waals surface area contributed by atoms with E-state index in [1.807, 2.05) is 36.4 Å². The standard InChI is InChI=1S/C22H15BrCl2N2O2/c23-14-8-9-19-17(11-14)21(16-6-1-2-7-18(16)25)27(12-20(28)26-19)22(29)13-4-3-5-15(24)10-13/h1-11,21H,12H2,(H,26,28)/t21-/m0/s1. The van der Waals surface area contributed by atoms with Gasteiger partial charge in [0.05, 0.1) is 6.04 Å². The second-order valence-electron chi connectivity index (χ2n) is 6.65. The van der Waals surface area contributed by atoms with E-state index in [4.69, 9.17) is 23.2 Å². The second-order valence-corrected chi connectivity index (χ2v) is 8.41. The van der Waals surface area contributed by atoms with Gasteiger partial charge in [-0.15, -0.1) is 0 Å². The topological polar surface area (TPSA) is 49.4 Å². The molecule has 3 aromatic rings. The number of nitrogens with one attached hydrogen (secondary N) is 1. The van der Waals surface area contributed by atoms with Crippen LogP contribution in [0.1, 0.15) is 27.5 Å². The van der Waals surface area contributed by atoms with Gasteiger partial charge in [-0.05, 0) is 48.0 Å². The zero-order valence-electron chi connectivity index (χ0n) is 15.0. The Morgan fingerprint density at radius 2 is 1.79 bits per heavy atom. The van der Waals surface area contributed by atoms with Crippen molar-refractivity contribution in [2.45, 2.75) is 6.04 Å². The molecule has 0 spiro atoms. The van der Waals surface area contributed by atoms with Crippen LogP contribution in [0.3, 0.4) is 0 Å². The third-order valence-electron chi connectivity index (χ3n) is 4.74. The number of hydrogen-bond acceptors (Lipinski definition) is 2. The zero-order valence-corrected chi connectivity index (χ0v) is 18.1. The lowest BCUT2D eigenvalue weighted by Gasteiger charge is -2.31. The highest BCUT2D eigenvalue weighted by molar-refractivity contribution is 9.10. The van der Waals surface area contributed by atoms with Gasteiger partial charge in [-0.3, -0.25) is 9.59 Å². The summed E-state index contributed by atoms with van der Waals surface area (Å²) in [7, 11) is 0. The molecule has 4 nitrogen and oxygen atoms in total. The maximum Gasteiger partial charge on any atom is 0.255 e. The molecule has 0 aromatic heterocycles. The number of carbonyl (C=O) groups is 2. The van der Waals surface area contributed by atoms with Crippen LogP contribution in [0.4, 0.5) is 5.69 Å². The number of carbonyl (C=O) groups excluding carboxylic acids is 2. The summed E-state index contributed by atoms with van der Waals surface area (Å²) in [5.41, 5.74) is 2.56. The fourth-order valence-electron chi connectivity index (χ4n) is 3.49. The van der Waals surface area contributed by atoms with Gasteiger partial charge in [0.2, 0.25) is 5.91 Å². The van der Waals surface area contributed by atoms with E-state index in [0.29, 0.717) is 21.3 Å². The number of anilines is 1. The predicted molar refractivity (Wildman–Crippen MR) is 119 cm³/mol. The van der Waals surface area contributed by atoms with E-state index in [9.17, 15) is 9.59 Å². The first kappa shape index (κ1) is 20.0. The van der Waals surface area contributed by atoms with Gasteiger partial charge in [0.15, 0.2) is 0 Å². The lowest BCUT2D eigenvalue weighted by molar-refractivity contribution is -0.117. The third kappa shape index (κ3) is 4.04. The summed E-state index contributed by atoms with van der Waals surface area (Å²) >= 11 is 16.1. The van der Waals surface area contributed by atoms with Crippen molar-refractivity contribution in [2.75, 3.05) is 11.9 Å². The van der Waals surface area contributed by atoms with Crippen LogP contribution in [0.15, 0.2) is 71.2 Å². The molecule has 0 saturated heterocycles. The van der Waals surface area contributed by atoms with Gasteiger partial charge >= 0.3 is 0 Å². The summed E-state index contributed by atoms with van der Waals surface area (Å²) < 4.78 is 0.833. The molecular formula is C22H15BrCl2N2O2. The zero-order chi connectivity index (χ0) is 20.5. The largest absolute Gasteiger partial charge is 0.324 e. The van der Waals surface area contributed by atoms with E-state index in [1.54, 1.807) is 30.3 Å². The van der Waals surface area contributed by atoms with Crippen molar-refractivity contribution in [2.24, 2.45) is 0 Å². The maximum atomic E-state index is 13.5. The summed E-state index contributed by atoms with van der Waals surface area (Å²) in [5.74, 6) is -0.584. The van der Waals surface area contributed by atoms with Gasteiger partial charge in [0.1, 0.15) is 6.54 Å². The average molecular weight is 490 g/mol. The van der Waals surface area contributed by atoms with Crippen molar-refractivity contribution in [3.8, 4) is 0 Å². The number of rotatable bonds is 2. The second kappa shape index (κ2) is 8.19. The van der Waals surface area contributed by atoms with E-state index >= 15 is 0 Å². The van der Waals surface area contributed by atoms with Crippen LogP contribution in [0.25, 0.3) is 0 Å². The predicted octanol–water partition coefficient (Wildman–Crippen LogP) is 5.94. The van der Waals surface area contributed by atoms with Gasteiger partial charge in [0, 0.05) is 31.3 Å². The number of nitrogens with zero attached hydrogens (tertiary/aromatic N) is 1. The van der Waals surface area contributed by atoms with Gasteiger partial charge in [0.25, 0.3) is 5.91 Å². The molecule has 1 aliphatic rings. The van der Waals surface area contributed by atoms with Crippen LogP contribution in [-0.2, 0) is 4.79 Å². The molecule has 2 amide bonds. The van der Waals surface area contributed by atoms with Gasteiger partial charge in [-0.1, -0.05) is 63.4 Å². The first-order valence-electron chi connectivity index (χ1n) is 8.84. The molecule has 0 aliphatic carbocycles. The van der Waals surface area contributed by atoms with Gasteiger partial charge in [-0.2, -0.15) is 0 Å². The first-order chi connectivity index (χ1) is 13.9. The van der Waals surface area contributed by atoms with Crippen LogP contribution < -0.4 is 5.32 Å². The van der Waals surface area contributed by atoms with Crippen LogP contribution >= 0.6 is 39.1 Å². The summed E-state index contributed by atoms with van der Waals surface area (Å²) in [6, 6.07) is 19.0. The Morgan fingerprint density at radius 1 is 1.00 bits per heavy atom. The summed E-state index contributed by atoms with van der Waals surface area (Å²) in [6.45, 7) is -0.118. The summed E-state index contributed by atoms with van der Waals surface area (Å²) in [4.78, 5) is 27.6. The van der Waals surface area contributed by atoms with Crippen LogP contribution in [0.5, 0.6) is 0 Å². The molecule has 0 unspecified atom stereocenters. The van der Waals surface area contributed by atoms with Gasteiger partial charge < -0.3 is 10.2 Å². The van der Waals surface area contributed by atoms with Crippen molar-refractivity contribution in [1.29, 1.82) is 0 Å². The smallest absolute Gasteiger partial charge is 0.255 e. The van der Waals surface area contributed by atoms with Crippen molar-refractivity contribution in [3.05, 3.63) is 97.9 Å². The fraction of sp³-hybridized carbons (Fsp3) is 0.0909. The maximum absolute atomic E-state index is 13.5. The van der Waals surface area contributed by atoms with E-state index in [1.165, 1.54) is 4.90 Å². The average Bonchev–Trinajstić information content (AvgIpc) is 2.83. The molecular weight excluding hydrogens is 475 g/mol. The Bertz CT molecular complexity index is 1120. The van der Waals surface area contributed by atoms with Crippen LogP contribution in [0.2, 0.25) is 10.0 Å². The van der Waals surface area contributed by atoms with Crippen molar-refractivity contribution in [3.63, 3.8) is 0 Å². The lowest BCUT2D eigenvalue weighted by atomic mass is 9.95. The van der Waals surface area contributed by atoms with Crippen LogP contribution in [0, 0.1) is 0 Å². The van der Waals surface area contributed by atoms with Crippen molar-refractivity contribution >= 4 is 56.6 Å². The van der Waals surface area contributed by atoms with Crippen molar-refractivity contribution < 1.29 is 9.59 Å². The quantitative estimate of drug-likeness (QED) is 0.484. The Balaban J connectivity index is 1.93. The highest BCUT2D eigenvalue weighted by atomic mass is 79.9. The van der Waals surface area contributed by atoms with E-state index in [-0.39, 0.29) is 18.4 Å². The number of amides is 2. The molecule has 0 bridgehead atoms. The molecule has 29 heavy (non-hydrogen) atoms. The van der Waals surface area contributed by atoms with E-state index in [0.717, 1.165) is 15.6 Å². The summed E-state index contributed by atoms with van der Waals surface area (Å²) in [5, 5.41) is 3.86. The Kier molecular flexibility index (Phi) is 5.63. The minimum Gasteiger partial charge on any atom is -0.324 e. The minimum atomic E-state index is -0.554. The molecule has 3 aromatic carbocycles. The highest BCUT2D eigenvalue weighted by Gasteiger charge is 2.35. The minimum absolute atomic E-state index is 0.118. The van der Waals surface area contributed by atoms with Gasteiger partial charge in [-0.25, -0.2) is 0 Å². The fourth-order valence-corrected chi connectivity index (χ4v) is 4.29. The highest BCUT2D eigenvalue weighted by Crippen LogP contribution is 2.40. The van der Waals surface area contributed by atoms with Crippen LogP contribution in [-0.4, -0.2) is 23.3 Å². The molecule has 7 heteroatoms. The molecule has 0 fully saturated rings. The molecule has 1 N–H and O–H groups in total. The molecule has 146 valence electrons. The molecule has 1 atom stereocenters. The Labute approximate surface area is 186 Å². The monoisotopic (exact) mass is 488 g/mol. The number of fused-ring (bicyclic) bond motifs is 1. The molecule has 1 aliphatic heterocycles. The van der Waals surface area contributed by atoms with E-state index in [2.05, 4.69) is 21.2 Å². The third-order valence-corrected chi connectivity index (χ3v) is 5.81. The number of hydrogen-bond donors (Lipinski definition) is 1. The Morgan fingerprint density at radius 3 is 2.55 bits per heavy atom. The van der Waals surface area contributed by atoms with E-state index < -0.39 is 6.04 Å². The van der Waals surface area contributed by atoms with Crippen molar-refractivity contribution in [1.82, 2.24) is 4.90 Å². The lowest BCUT2D eigenvalue weighted by Crippen LogP contribution is -2.39. The summed E-state index contributed by atoms with van der Waals surface area (Å²) in [6.07, 6.45) is 0. The molecule has 1 heterocycles. The number of halogens is 3. The first-order valence-corrected chi connectivity index (χ1v) is 10.4. The number of benzene rings is 3.